The number of amides is 2. The minimum absolute atomic E-state index is 0.216. The van der Waals surface area contributed by atoms with Gasteiger partial charge >= 0.3 is 0 Å². The van der Waals surface area contributed by atoms with Gasteiger partial charge in [-0.3, -0.25) is 14.4 Å². The lowest BCUT2D eigenvalue weighted by molar-refractivity contribution is -0.126. The number of hydroxylamine groups is 1. The average molecular weight is 463 g/mol. The van der Waals surface area contributed by atoms with Gasteiger partial charge in [0.15, 0.2) is 6.10 Å². The van der Waals surface area contributed by atoms with E-state index in [1.807, 2.05) is 87.5 Å². The van der Waals surface area contributed by atoms with Gasteiger partial charge in [0.1, 0.15) is 5.92 Å². The Morgan fingerprint density at radius 3 is 2.14 bits per heavy atom. The molecule has 0 aliphatic carbocycles. The number of aryl methyl sites for hydroxylation is 3. The summed E-state index contributed by atoms with van der Waals surface area (Å²) in [6.45, 7) is 5.91. The number of carbonyl (C=O) groups is 2. The number of nitrogens with zero attached hydrogens (tertiary/aromatic N) is 2. The van der Waals surface area contributed by atoms with Crippen molar-refractivity contribution in [2.45, 2.75) is 32.9 Å². The van der Waals surface area contributed by atoms with E-state index in [-0.39, 0.29) is 11.8 Å². The van der Waals surface area contributed by atoms with E-state index >= 15 is 0 Å². The number of benzene rings is 4. The lowest BCUT2D eigenvalue weighted by atomic mass is 9.87. The third-order valence-electron chi connectivity index (χ3n) is 7.13. The smallest absolute Gasteiger partial charge is 0.266 e. The van der Waals surface area contributed by atoms with Crippen LogP contribution in [0.4, 0.5) is 11.4 Å². The summed E-state index contributed by atoms with van der Waals surface area (Å²) in [7, 11) is 0. The van der Waals surface area contributed by atoms with Crippen LogP contribution in [0.2, 0.25) is 0 Å². The van der Waals surface area contributed by atoms with Gasteiger partial charge in [0.25, 0.3) is 5.91 Å². The van der Waals surface area contributed by atoms with Crippen LogP contribution >= 0.6 is 0 Å². The third-order valence-corrected chi connectivity index (χ3v) is 7.13. The largest absolute Gasteiger partial charge is 0.273 e. The minimum Gasteiger partial charge on any atom is -0.273 e. The third kappa shape index (κ3) is 3.27. The highest BCUT2D eigenvalue weighted by molar-refractivity contribution is 6.24. The molecule has 5 heteroatoms. The number of anilines is 2. The Labute approximate surface area is 204 Å². The summed E-state index contributed by atoms with van der Waals surface area (Å²) in [5.74, 6) is -1.18. The predicted molar refractivity (Wildman–Crippen MR) is 137 cm³/mol. The van der Waals surface area contributed by atoms with Gasteiger partial charge in [-0.1, -0.05) is 78.4 Å². The molecule has 2 heterocycles. The first kappa shape index (κ1) is 21.6. The molecule has 3 atom stereocenters. The molecular formula is C30H26N2O3. The second-order valence-corrected chi connectivity index (χ2v) is 9.49. The molecule has 6 rings (SSSR count). The normalized spacial score (nSPS) is 21.7. The van der Waals surface area contributed by atoms with E-state index in [1.165, 1.54) is 4.90 Å². The van der Waals surface area contributed by atoms with E-state index in [1.54, 1.807) is 5.06 Å². The predicted octanol–water partition coefficient (Wildman–Crippen LogP) is 5.82. The zero-order chi connectivity index (χ0) is 24.3. The SMILES string of the molecule is Cc1cc(C)c(N2C(=O)[C@H]3[C@@H](ON(c4ccccc4)[C@H]3c3cccc4ccccc34)C2=O)c(C)c1. The van der Waals surface area contributed by atoms with Crippen LogP contribution in [0.1, 0.15) is 28.3 Å². The van der Waals surface area contributed by atoms with E-state index in [2.05, 4.69) is 18.2 Å². The number of para-hydroxylation sites is 1. The molecule has 2 aliphatic rings. The first-order chi connectivity index (χ1) is 17.0. The monoisotopic (exact) mass is 462 g/mol. The molecule has 174 valence electrons. The van der Waals surface area contributed by atoms with Gasteiger partial charge in [0.05, 0.1) is 17.4 Å². The number of fused-ring (bicyclic) bond motifs is 2. The Kier molecular flexibility index (Phi) is 4.97. The number of imide groups is 1. The maximum absolute atomic E-state index is 14.1. The van der Waals surface area contributed by atoms with Crippen LogP contribution in [-0.4, -0.2) is 17.9 Å². The highest BCUT2D eigenvalue weighted by Gasteiger charge is 2.60. The zero-order valence-corrected chi connectivity index (χ0v) is 19.9. The number of hydrogen-bond donors (Lipinski definition) is 0. The molecule has 4 aromatic rings. The Morgan fingerprint density at radius 1 is 0.743 bits per heavy atom. The summed E-state index contributed by atoms with van der Waals surface area (Å²) in [4.78, 5) is 35.5. The number of carbonyl (C=O) groups excluding carboxylic acids is 2. The molecule has 0 spiro atoms. The van der Waals surface area contributed by atoms with Gasteiger partial charge in [-0.25, -0.2) is 9.96 Å². The van der Waals surface area contributed by atoms with Crippen molar-refractivity contribution in [1.29, 1.82) is 0 Å². The molecule has 0 saturated carbocycles. The molecule has 5 nitrogen and oxygen atoms in total. The maximum atomic E-state index is 14.1. The van der Waals surface area contributed by atoms with Crippen molar-refractivity contribution >= 4 is 34.0 Å². The Balaban J connectivity index is 1.52. The van der Waals surface area contributed by atoms with Crippen LogP contribution in [0, 0.1) is 26.7 Å². The van der Waals surface area contributed by atoms with Crippen LogP contribution in [0.15, 0.2) is 84.9 Å². The van der Waals surface area contributed by atoms with Gasteiger partial charge in [-0.05, 0) is 60.4 Å². The van der Waals surface area contributed by atoms with Crippen molar-refractivity contribution in [2.75, 3.05) is 9.96 Å². The molecule has 2 amide bonds. The summed E-state index contributed by atoms with van der Waals surface area (Å²) in [5.41, 5.74) is 5.38. The van der Waals surface area contributed by atoms with Crippen LogP contribution < -0.4 is 9.96 Å². The van der Waals surface area contributed by atoms with E-state index in [0.717, 1.165) is 38.7 Å². The molecule has 4 aromatic carbocycles. The van der Waals surface area contributed by atoms with Crippen LogP contribution in [0.25, 0.3) is 10.8 Å². The van der Waals surface area contributed by atoms with Crippen LogP contribution in [0.5, 0.6) is 0 Å². The Hall–Kier alpha value is -3.96. The molecule has 0 aromatic heterocycles. The Bertz CT molecular complexity index is 1450. The molecular weight excluding hydrogens is 436 g/mol. The summed E-state index contributed by atoms with van der Waals surface area (Å²) in [5, 5.41) is 3.89. The van der Waals surface area contributed by atoms with Crippen molar-refractivity contribution in [3.8, 4) is 0 Å². The van der Waals surface area contributed by atoms with E-state index < -0.39 is 18.1 Å². The number of hydrogen-bond acceptors (Lipinski definition) is 4. The fraction of sp³-hybridized carbons (Fsp3) is 0.200. The standard InChI is InChI=1S/C30H26N2O3/c1-18-16-19(2)26(20(3)17-18)31-29(33)25-27(24-15-9-11-21-10-7-8-14-23(21)24)32(35-28(25)30(31)34)22-12-5-4-6-13-22/h4-17,25,27-28H,1-3H3/t25-,27+,28-/m1/s1. The topological polar surface area (TPSA) is 49.9 Å². The van der Waals surface area contributed by atoms with Crippen LogP contribution in [-0.2, 0) is 14.4 Å². The molecule has 2 fully saturated rings. The first-order valence-corrected chi connectivity index (χ1v) is 11.9. The van der Waals surface area contributed by atoms with Crippen molar-refractivity contribution < 1.29 is 14.4 Å². The highest BCUT2D eigenvalue weighted by Crippen LogP contribution is 2.49. The lowest BCUT2D eigenvalue weighted by Gasteiger charge is -2.30. The van der Waals surface area contributed by atoms with Gasteiger partial charge in [-0.15, -0.1) is 0 Å². The summed E-state index contributed by atoms with van der Waals surface area (Å²) < 4.78 is 0. The summed E-state index contributed by atoms with van der Waals surface area (Å²) in [6.07, 6.45) is -0.883. The van der Waals surface area contributed by atoms with E-state index in [9.17, 15) is 9.59 Å². The maximum Gasteiger partial charge on any atom is 0.266 e. The second-order valence-electron chi connectivity index (χ2n) is 9.49. The van der Waals surface area contributed by atoms with E-state index in [0.29, 0.717) is 5.69 Å². The van der Waals surface area contributed by atoms with Crippen molar-refractivity contribution in [1.82, 2.24) is 0 Å². The first-order valence-electron chi connectivity index (χ1n) is 11.9. The number of rotatable bonds is 3. The Morgan fingerprint density at radius 2 is 1.40 bits per heavy atom. The summed E-state index contributed by atoms with van der Waals surface area (Å²) in [6, 6.07) is 27.5. The van der Waals surface area contributed by atoms with Crippen molar-refractivity contribution in [3.63, 3.8) is 0 Å². The zero-order valence-electron chi connectivity index (χ0n) is 19.9. The highest BCUT2D eigenvalue weighted by atomic mass is 16.7. The van der Waals surface area contributed by atoms with E-state index in [4.69, 9.17) is 4.84 Å². The second kappa shape index (κ2) is 8.07. The molecule has 2 aliphatic heterocycles. The molecule has 0 N–H and O–H groups in total. The summed E-state index contributed by atoms with van der Waals surface area (Å²) >= 11 is 0. The van der Waals surface area contributed by atoms with Gasteiger partial charge < -0.3 is 0 Å². The van der Waals surface area contributed by atoms with Gasteiger partial charge in [0, 0.05) is 0 Å². The molecule has 0 unspecified atom stereocenters. The molecule has 2 saturated heterocycles. The average Bonchev–Trinajstić information content (AvgIpc) is 3.35. The fourth-order valence-electron chi connectivity index (χ4n) is 5.78. The van der Waals surface area contributed by atoms with Gasteiger partial charge in [-0.2, -0.15) is 0 Å². The van der Waals surface area contributed by atoms with Crippen LogP contribution in [0.3, 0.4) is 0 Å². The molecule has 0 radical (unpaired) electrons. The molecule has 35 heavy (non-hydrogen) atoms. The van der Waals surface area contributed by atoms with Crippen molar-refractivity contribution in [3.05, 3.63) is 107 Å². The minimum atomic E-state index is -0.883. The lowest BCUT2D eigenvalue weighted by Crippen LogP contribution is -2.38. The van der Waals surface area contributed by atoms with Crippen molar-refractivity contribution in [2.24, 2.45) is 5.92 Å². The molecule has 0 bridgehead atoms. The fourth-order valence-corrected chi connectivity index (χ4v) is 5.78. The quantitative estimate of drug-likeness (QED) is 0.360. The van der Waals surface area contributed by atoms with Gasteiger partial charge in [0.2, 0.25) is 5.91 Å².